The van der Waals surface area contributed by atoms with Crippen LogP contribution in [0, 0.1) is 12.1 Å². The van der Waals surface area contributed by atoms with Crippen molar-refractivity contribution in [3.63, 3.8) is 0 Å². The number of rotatable bonds is 13. The predicted molar refractivity (Wildman–Crippen MR) is 183 cm³/mol. The molecule has 13 heteroatoms. The summed E-state index contributed by atoms with van der Waals surface area (Å²) in [7, 11) is -8.07. The van der Waals surface area contributed by atoms with Gasteiger partial charge in [-0.3, -0.25) is 18.4 Å². The summed E-state index contributed by atoms with van der Waals surface area (Å²) in [5.74, 6) is -0.326. The standard InChI is InChI=1S/C34H30N5O6PS/c1-2-46(41,45-24-25-14-18-28(19-15-25)38-37-27-8-4-3-5-9-27)39-29-20-16-26(17-21-29)34(40)36-23-22-35-32-12-6-11-31-30(32)10-7-13-33(31)47(42,43)44/h1,3-21,35H,22-24H2,(H,36,40)(H,39,41)(H,42,43,44)/b38-37+. The molecule has 238 valence electrons. The van der Waals surface area contributed by atoms with E-state index in [-0.39, 0.29) is 24.0 Å². The average Bonchev–Trinajstić information content (AvgIpc) is 3.09. The van der Waals surface area contributed by atoms with Crippen molar-refractivity contribution in [2.24, 2.45) is 10.2 Å². The molecule has 0 aliphatic carbocycles. The molecule has 1 amide bonds. The molecule has 0 radical (unpaired) electrons. The van der Waals surface area contributed by atoms with E-state index in [1.165, 1.54) is 6.07 Å². The number of carbonyl (C=O) groups excluding carboxylic acids is 1. The normalized spacial score (nSPS) is 12.7. The van der Waals surface area contributed by atoms with Crippen molar-refractivity contribution in [1.29, 1.82) is 0 Å². The summed E-state index contributed by atoms with van der Waals surface area (Å²) in [6, 6.07) is 32.4. The van der Waals surface area contributed by atoms with Crippen molar-refractivity contribution in [2.45, 2.75) is 11.5 Å². The average molecular weight is 668 g/mol. The molecule has 0 saturated heterocycles. The lowest BCUT2D eigenvalue weighted by atomic mass is 10.1. The summed E-state index contributed by atoms with van der Waals surface area (Å²) in [4.78, 5) is 12.5. The largest absolute Gasteiger partial charge is 0.383 e. The second-order valence-corrected chi connectivity index (χ2v) is 13.4. The fourth-order valence-electron chi connectivity index (χ4n) is 4.54. The molecule has 5 aromatic rings. The number of nitrogens with zero attached hydrogens (tertiary/aromatic N) is 2. The molecule has 1 atom stereocenters. The van der Waals surface area contributed by atoms with Gasteiger partial charge in [-0.25, -0.2) is 0 Å². The number of anilines is 2. The molecule has 0 aliphatic heterocycles. The Balaban J connectivity index is 1.10. The van der Waals surface area contributed by atoms with Crippen LogP contribution < -0.4 is 15.7 Å². The van der Waals surface area contributed by atoms with Crippen molar-refractivity contribution in [2.75, 3.05) is 23.5 Å². The van der Waals surface area contributed by atoms with Crippen molar-refractivity contribution in [3.8, 4) is 12.1 Å². The molecule has 0 saturated carbocycles. The molecule has 5 rings (SSSR count). The van der Waals surface area contributed by atoms with Gasteiger partial charge in [-0.2, -0.15) is 18.6 Å². The lowest BCUT2D eigenvalue weighted by molar-refractivity contribution is 0.0955. The van der Waals surface area contributed by atoms with E-state index >= 15 is 0 Å². The molecule has 0 spiro atoms. The van der Waals surface area contributed by atoms with Crippen LogP contribution in [0.2, 0.25) is 0 Å². The number of carbonyl (C=O) groups is 1. The van der Waals surface area contributed by atoms with E-state index in [1.807, 2.05) is 30.3 Å². The van der Waals surface area contributed by atoms with Gasteiger partial charge in [-0.1, -0.05) is 54.6 Å². The maximum absolute atomic E-state index is 13.2. The van der Waals surface area contributed by atoms with Gasteiger partial charge in [0.25, 0.3) is 16.0 Å². The third-order valence-electron chi connectivity index (χ3n) is 6.87. The molecule has 47 heavy (non-hydrogen) atoms. The van der Waals surface area contributed by atoms with Crippen LogP contribution in [-0.4, -0.2) is 32.0 Å². The molecule has 4 N–H and O–H groups in total. The Labute approximate surface area is 272 Å². The van der Waals surface area contributed by atoms with Crippen LogP contribution >= 0.6 is 7.52 Å². The zero-order chi connectivity index (χ0) is 33.3. The highest BCUT2D eigenvalue weighted by Gasteiger charge is 2.20. The first-order chi connectivity index (χ1) is 22.6. The molecule has 0 heterocycles. The summed E-state index contributed by atoms with van der Waals surface area (Å²) < 4.78 is 51.8. The van der Waals surface area contributed by atoms with Crippen LogP contribution in [0.5, 0.6) is 0 Å². The monoisotopic (exact) mass is 667 g/mol. The van der Waals surface area contributed by atoms with E-state index in [0.29, 0.717) is 39.9 Å². The number of amides is 1. The molecule has 0 aromatic heterocycles. The number of fused-ring (bicyclic) bond motifs is 1. The molecule has 0 bridgehead atoms. The summed E-state index contributed by atoms with van der Waals surface area (Å²) in [5.41, 5.74) is 5.79. The van der Waals surface area contributed by atoms with Gasteiger partial charge < -0.3 is 15.7 Å². The molecule has 11 nitrogen and oxygen atoms in total. The van der Waals surface area contributed by atoms with Crippen molar-refractivity contribution in [1.82, 2.24) is 5.32 Å². The van der Waals surface area contributed by atoms with Crippen LogP contribution in [0.25, 0.3) is 10.8 Å². The third kappa shape index (κ3) is 8.91. The van der Waals surface area contributed by atoms with E-state index < -0.39 is 17.6 Å². The van der Waals surface area contributed by atoms with Gasteiger partial charge in [0.05, 0.1) is 18.0 Å². The molecule has 0 fully saturated rings. The number of nitrogens with one attached hydrogen (secondary N) is 3. The molecule has 5 aromatic carbocycles. The van der Waals surface area contributed by atoms with Crippen LogP contribution in [0.15, 0.2) is 130 Å². The lowest BCUT2D eigenvalue weighted by Gasteiger charge is -2.16. The number of hydrogen-bond acceptors (Lipinski definition) is 8. The topological polar surface area (TPSA) is 159 Å². The van der Waals surface area contributed by atoms with E-state index in [1.54, 1.807) is 78.9 Å². The van der Waals surface area contributed by atoms with E-state index in [0.717, 1.165) is 11.3 Å². The minimum atomic E-state index is -4.38. The minimum Gasteiger partial charge on any atom is -0.383 e. The first-order valence-corrected chi connectivity index (χ1v) is 17.4. The van der Waals surface area contributed by atoms with E-state index in [4.69, 9.17) is 10.9 Å². The third-order valence-corrected chi connectivity index (χ3v) is 9.16. The zero-order valence-corrected chi connectivity index (χ0v) is 26.6. The molecular weight excluding hydrogens is 637 g/mol. The second-order valence-electron chi connectivity index (χ2n) is 10.2. The van der Waals surface area contributed by atoms with Crippen LogP contribution in [-0.2, 0) is 25.8 Å². The van der Waals surface area contributed by atoms with Crippen molar-refractivity contribution < 1.29 is 26.9 Å². The zero-order valence-electron chi connectivity index (χ0n) is 24.9. The molecule has 1 unspecified atom stereocenters. The number of benzene rings is 5. The summed E-state index contributed by atoms with van der Waals surface area (Å²) in [5, 5.41) is 18.1. The quantitative estimate of drug-likeness (QED) is 0.0326. The van der Waals surface area contributed by atoms with Crippen LogP contribution in [0.4, 0.5) is 22.7 Å². The van der Waals surface area contributed by atoms with E-state index in [2.05, 4.69) is 31.6 Å². The first-order valence-electron chi connectivity index (χ1n) is 14.3. The summed E-state index contributed by atoms with van der Waals surface area (Å²) >= 11 is 0. The minimum absolute atomic E-state index is 0.000413. The second kappa shape index (κ2) is 14.9. The Morgan fingerprint density at radius 2 is 1.47 bits per heavy atom. The van der Waals surface area contributed by atoms with Gasteiger partial charge in [-0.15, -0.1) is 6.42 Å². The Kier molecular flexibility index (Phi) is 10.5. The number of azo groups is 1. The Morgan fingerprint density at radius 3 is 2.15 bits per heavy atom. The Hall–Kier alpha value is -5.31. The fraction of sp³-hybridized carbons (Fsp3) is 0.0882. The predicted octanol–water partition coefficient (Wildman–Crippen LogP) is 7.76. The van der Waals surface area contributed by atoms with Gasteiger partial charge in [0.2, 0.25) is 0 Å². The van der Waals surface area contributed by atoms with E-state index in [9.17, 15) is 22.3 Å². The summed E-state index contributed by atoms with van der Waals surface area (Å²) in [6.45, 7) is 0.619. The Morgan fingerprint density at radius 1 is 0.809 bits per heavy atom. The van der Waals surface area contributed by atoms with Crippen molar-refractivity contribution in [3.05, 3.63) is 126 Å². The molecular formula is C34H30N5O6PS. The summed E-state index contributed by atoms with van der Waals surface area (Å²) in [6.07, 6.45) is 5.55. The molecule has 0 aliphatic rings. The number of terminal acetylenes is 1. The highest BCUT2D eigenvalue weighted by atomic mass is 32.2. The highest BCUT2D eigenvalue weighted by molar-refractivity contribution is 7.86. The SMILES string of the molecule is C#CP(=O)(Nc1ccc(C(=O)NCCNc2cccc3c(S(=O)(=O)O)cccc23)cc1)OCc1ccc(/N=N/c2ccccc2)cc1. The van der Waals surface area contributed by atoms with Crippen LogP contribution in [0.3, 0.4) is 0 Å². The maximum atomic E-state index is 13.2. The van der Waals surface area contributed by atoms with Gasteiger partial charge in [0.15, 0.2) is 0 Å². The van der Waals surface area contributed by atoms with Gasteiger partial charge in [-0.05, 0) is 66.2 Å². The van der Waals surface area contributed by atoms with Crippen LogP contribution in [0.1, 0.15) is 15.9 Å². The fourth-order valence-corrected chi connectivity index (χ4v) is 6.27. The lowest BCUT2D eigenvalue weighted by Crippen LogP contribution is -2.28. The highest BCUT2D eigenvalue weighted by Crippen LogP contribution is 2.46. The van der Waals surface area contributed by atoms with Gasteiger partial charge >= 0.3 is 7.52 Å². The number of hydrogen-bond donors (Lipinski definition) is 4. The maximum Gasteiger partial charge on any atom is 0.367 e. The van der Waals surface area contributed by atoms with Crippen molar-refractivity contribution >= 4 is 57.1 Å². The van der Waals surface area contributed by atoms with Gasteiger partial charge in [0, 0.05) is 46.5 Å². The Bertz CT molecular complexity index is 2100. The van der Waals surface area contributed by atoms with Gasteiger partial charge in [0.1, 0.15) is 4.90 Å². The smallest absolute Gasteiger partial charge is 0.367 e. The first kappa shape index (κ1) is 33.1.